The van der Waals surface area contributed by atoms with Crippen LogP contribution in [0.2, 0.25) is 0 Å². The lowest BCUT2D eigenvalue weighted by Crippen LogP contribution is -2.38. The lowest BCUT2D eigenvalue weighted by Gasteiger charge is -2.30. The van der Waals surface area contributed by atoms with Gasteiger partial charge in [-0.05, 0) is 47.9 Å². The first-order valence-electron chi connectivity index (χ1n) is 7.65. The van der Waals surface area contributed by atoms with Crippen LogP contribution in [0.25, 0.3) is 11.0 Å². The third kappa shape index (κ3) is 2.71. The van der Waals surface area contributed by atoms with E-state index < -0.39 is 11.9 Å². The molecule has 2 aliphatic heterocycles. The molecular weight excluding hydrogens is 378 g/mol. The number of pyridine rings is 1. The van der Waals surface area contributed by atoms with Crippen molar-refractivity contribution in [2.75, 3.05) is 19.6 Å². The van der Waals surface area contributed by atoms with Crippen molar-refractivity contribution in [3.63, 3.8) is 0 Å². The highest BCUT2D eigenvalue weighted by Crippen LogP contribution is 2.33. The number of carbonyl (C=O) groups excluding carboxylic acids is 2. The SMILES string of the molecule is O=C1/C=C/C(=O)On2c(c(CCN3CCC3)c3cc(Br)cnc32)O1. The van der Waals surface area contributed by atoms with Gasteiger partial charge in [0.25, 0.3) is 0 Å². The molecule has 124 valence electrons. The van der Waals surface area contributed by atoms with Gasteiger partial charge in [-0.25, -0.2) is 14.6 Å². The van der Waals surface area contributed by atoms with Crippen LogP contribution in [0.15, 0.2) is 28.9 Å². The fraction of sp³-hybridized carbons (Fsp3) is 0.312. The van der Waals surface area contributed by atoms with Gasteiger partial charge >= 0.3 is 11.9 Å². The minimum atomic E-state index is -0.649. The molecule has 0 saturated carbocycles. The smallest absolute Gasteiger partial charge is 0.356 e. The van der Waals surface area contributed by atoms with E-state index >= 15 is 0 Å². The topological polar surface area (TPSA) is 73.7 Å². The predicted octanol–water partition coefficient (Wildman–Crippen LogP) is 1.48. The molecule has 2 aromatic heterocycles. The van der Waals surface area contributed by atoms with Crippen molar-refractivity contribution in [3.05, 3.63) is 34.5 Å². The van der Waals surface area contributed by atoms with E-state index in [0.717, 1.165) is 47.2 Å². The molecule has 0 aliphatic carbocycles. The van der Waals surface area contributed by atoms with Crippen molar-refractivity contribution in [1.82, 2.24) is 14.6 Å². The lowest BCUT2D eigenvalue weighted by molar-refractivity contribution is -0.142. The number of likely N-dealkylation sites (tertiary alicyclic amines) is 1. The maximum Gasteiger partial charge on any atom is 0.356 e. The number of hydrogen-bond acceptors (Lipinski definition) is 6. The molecule has 4 heterocycles. The predicted molar refractivity (Wildman–Crippen MR) is 88.6 cm³/mol. The highest BCUT2D eigenvalue weighted by atomic mass is 79.9. The Morgan fingerprint density at radius 1 is 1.21 bits per heavy atom. The van der Waals surface area contributed by atoms with Crippen LogP contribution in [0.5, 0.6) is 5.88 Å². The van der Waals surface area contributed by atoms with Crippen molar-refractivity contribution in [3.8, 4) is 5.88 Å². The number of fused-ring (bicyclic) bond motifs is 3. The normalized spacial score (nSPS) is 19.0. The summed E-state index contributed by atoms with van der Waals surface area (Å²) in [6, 6.07) is 1.89. The Kier molecular flexibility index (Phi) is 3.85. The van der Waals surface area contributed by atoms with Crippen LogP contribution in [-0.4, -0.2) is 46.2 Å². The number of ether oxygens (including phenoxy) is 1. The van der Waals surface area contributed by atoms with Gasteiger partial charge in [0, 0.05) is 40.3 Å². The zero-order valence-corrected chi connectivity index (χ0v) is 14.3. The Labute approximate surface area is 145 Å². The molecule has 0 radical (unpaired) electrons. The molecular formula is C16H14BrN3O4. The summed E-state index contributed by atoms with van der Waals surface area (Å²) in [4.78, 5) is 35.6. The zero-order valence-electron chi connectivity index (χ0n) is 12.7. The Morgan fingerprint density at radius 3 is 2.75 bits per heavy atom. The molecule has 7 nitrogen and oxygen atoms in total. The average Bonchev–Trinajstić information content (AvgIpc) is 2.75. The van der Waals surface area contributed by atoms with Gasteiger partial charge < -0.3 is 14.5 Å². The van der Waals surface area contributed by atoms with Crippen LogP contribution in [0.1, 0.15) is 12.0 Å². The molecule has 0 atom stereocenters. The second-order valence-electron chi connectivity index (χ2n) is 5.71. The van der Waals surface area contributed by atoms with Crippen molar-refractivity contribution >= 4 is 38.9 Å². The van der Waals surface area contributed by atoms with E-state index in [0.29, 0.717) is 12.1 Å². The summed E-state index contributed by atoms with van der Waals surface area (Å²) >= 11 is 3.41. The van der Waals surface area contributed by atoms with Gasteiger partial charge in [0.15, 0.2) is 5.65 Å². The molecule has 2 aliphatic rings. The Hall–Kier alpha value is -2.19. The quantitative estimate of drug-likeness (QED) is 0.737. The summed E-state index contributed by atoms with van der Waals surface area (Å²) in [5, 5.41) is 0.794. The van der Waals surface area contributed by atoms with Crippen molar-refractivity contribution in [1.29, 1.82) is 0 Å². The third-order valence-corrected chi connectivity index (χ3v) is 4.59. The van der Waals surface area contributed by atoms with Gasteiger partial charge in [-0.2, -0.15) is 0 Å². The van der Waals surface area contributed by atoms with Crippen LogP contribution < -0.4 is 9.57 Å². The van der Waals surface area contributed by atoms with Crippen LogP contribution in [-0.2, 0) is 16.0 Å². The Bertz CT molecular complexity index is 870. The fourth-order valence-electron chi connectivity index (χ4n) is 2.84. The van der Waals surface area contributed by atoms with E-state index in [1.165, 1.54) is 11.2 Å². The molecule has 0 amide bonds. The molecule has 0 spiro atoms. The van der Waals surface area contributed by atoms with E-state index in [1.807, 2.05) is 6.07 Å². The number of halogens is 1. The first-order chi connectivity index (χ1) is 11.6. The summed E-state index contributed by atoms with van der Waals surface area (Å²) in [5.41, 5.74) is 1.26. The fourth-order valence-corrected chi connectivity index (χ4v) is 3.17. The second-order valence-corrected chi connectivity index (χ2v) is 6.63. The third-order valence-electron chi connectivity index (χ3n) is 4.15. The Balaban J connectivity index is 1.83. The summed E-state index contributed by atoms with van der Waals surface area (Å²) < 4.78 is 7.42. The van der Waals surface area contributed by atoms with Gasteiger partial charge in [-0.15, -0.1) is 4.73 Å². The number of aromatic nitrogens is 2. The summed E-state index contributed by atoms with van der Waals surface area (Å²) in [7, 11) is 0. The lowest BCUT2D eigenvalue weighted by atomic mass is 10.1. The van der Waals surface area contributed by atoms with Crippen LogP contribution in [0.4, 0.5) is 0 Å². The molecule has 8 heteroatoms. The van der Waals surface area contributed by atoms with Crippen molar-refractivity contribution in [2.24, 2.45) is 0 Å². The Morgan fingerprint density at radius 2 is 2.00 bits per heavy atom. The summed E-state index contributed by atoms with van der Waals surface area (Å²) in [6.07, 6.45) is 5.59. The van der Waals surface area contributed by atoms with Gasteiger partial charge in [0.1, 0.15) is 0 Å². The molecule has 1 saturated heterocycles. The number of esters is 1. The molecule has 0 N–H and O–H groups in total. The summed E-state index contributed by atoms with van der Waals surface area (Å²) in [5.74, 6) is -1.04. The molecule has 0 bridgehead atoms. The van der Waals surface area contributed by atoms with Crippen LogP contribution in [0.3, 0.4) is 0 Å². The van der Waals surface area contributed by atoms with E-state index in [1.54, 1.807) is 6.20 Å². The maximum absolute atomic E-state index is 11.9. The van der Waals surface area contributed by atoms with E-state index in [4.69, 9.17) is 9.57 Å². The number of nitrogens with zero attached hydrogens (tertiary/aromatic N) is 3. The molecule has 4 rings (SSSR count). The number of carbonyl (C=O) groups is 2. The number of hydrogen-bond donors (Lipinski definition) is 0. The van der Waals surface area contributed by atoms with Gasteiger partial charge in [0.2, 0.25) is 5.88 Å². The highest BCUT2D eigenvalue weighted by molar-refractivity contribution is 9.10. The minimum absolute atomic E-state index is 0.221. The first kappa shape index (κ1) is 15.3. The molecule has 0 aromatic carbocycles. The second kappa shape index (κ2) is 6.03. The average molecular weight is 392 g/mol. The molecule has 1 fully saturated rings. The first-order valence-corrected chi connectivity index (χ1v) is 8.44. The maximum atomic E-state index is 11.9. The monoisotopic (exact) mass is 391 g/mol. The van der Waals surface area contributed by atoms with Gasteiger partial charge in [-0.3, -0.25) is 0 Å². The standard InChI is InChI=1S/C16H14BrN3O4/c17-10-8-12-11(4-7-19-5-1-6-19)16-20(15(12)18-9-10)24-14(22)3-2-13(21)23-16/h2-3,8-9H,1,4-7H2/b3-2+. The number of rotatable bonds is 3. The van der Waals surface area contributed by atoms with Gasteiger partial charge in [0.05, 0.1) is 0 Å². The molecule has 0 unspecified atom stereocenters. The summed E-state index contributed by atoms with van der Waals surface area (Å²) in [6.45, 7) is 3.00. The van der Waals surface area contributed by atoms with Crippen molar-refractivity contribution < 1.29 is 19.2 Å². The molecule has 24 heavy (non-hydrogen) atoms. The zero-order chi connectivity index (χ0) is 16.7. The van der Waals surface area contributed by atoms with Crippen LogP contribution in [0, 0.1) is 0 Å². The molecule has 2 aromatic rings. The largest absolute Gasteiger partial charge is 0.403 e. The van der Waals surface area contributed by atoms with E-state index in [9.17, 15) is 9.59 Å². The van der Waals surface area contributed by atoms with Crippen molar-refractivity contribution in [2.45, 2.75) is 12.8 Å². The van der Waals surface area contributed by atoms with E-state index in [2.05, 4.69) is 25.8 Å². The van der Waals surface area contributed by atoms with Gasteiger partial charge in [-0.1, -0.05) is 0 Å². The highest BCUT2D eigenvalue weighted by Gasteiger charge is 2.26. The van der Waals surface area contributed by atoms with E-state index in [-0.39, 0.29) is 5.88 Å². The minimum Gasteiger partial charge on any atom is -0.403 e. The van der Waals surface area contributed by atoms with Crippen LogP contribution >= 0.6 is 15.9 Å².